The monoisotopic (exact) mass is 555 g/mol. The second kappa shape index (κ2) is 12.9. The molecule has 3 aromatic rings. The van der Waals surface area contributed by atoms with Crippen LogP contribution in [-0.4, -0.2) is 50.0 Å². The number of hydrogen-bond acceptors (Lipinski definition) is 4. The number of aryl methyl sites for hydroxylation is 1. The zero-order valence-corrected chi connectivity index (χ0v) is 23.7. The van der Waals surface area contributed by atoms with Gasteiger partial charge in [-0.05, 0) is 56.2 Å². The van der Waals surface area contributed by atoms with Crippen LogP contribution in [-0.2, 0) is 32.6 Å². The standard InChI is InChI=1S/C29H34ClN3O4S/c1-21(2)31-29(35)27(18-23-9-6-5-7-10-23)32(19-24-11-8-12-25(30)17-24)28(34)20-33(38(4,36)37)26-15-13-22(3)14-16-26/h5-17,21,27H,18-20H2,1-4H3,(H,31,35)/t27-/m1/s1. The lowest BCUT2D eigenvalue weighted by atomic mass is 10.0. The number of amides is 2. The molecule has 1 N–H and O–H groups in total. The van der Waals surface area contributed by atoms with E-state index in [1.807, 2.05) is 57.2 Å². The van der Waals surface area contributed by atoms with Crippen molar-refractivity contribution < 1.29 is 18.0 Å². The molecule has 0 aliphatic carbocycles. The first-order valence-corrected chi connectivity index (χ1v) is 14.6. The summed E-state index contributed by atoms with van der Waals surface area (Å²) in [5.74, 6) is -0.823. The zero-order valence-electron chi connectivity index (χ0n) is 22.1. The molecular formula is C29H34ClN3O4S. The SMILES string of the molecule is Cc1ccc(N(CC(=O)N(Cc2cccc(Cl)c2)[C@H](Cc2ccccc2)C(=O)NC(C)C)S(C)(=O)=O)cc1. The van der Waals surface area contributed by atoms with Gasteiger partial charge in [-0.25, -0.2) is 8.42 Å². The summed E-state index contributed by atoms with van der Waals surface area (Å²) >= 11 is 6.22. The fraction of sp³-hybridized carbons (Fsp3) is 0.310. The maximum absolute atomic E-state index is 14.0. The van der Waals surface area contributed by atoms with E-state index >= 15 is 0 Å². The molecule has 3 rings (SSSR count). The molecular weight excluding hydrogens is 522 g/mol. The molecule has 7 nitrogen and oxygen atoms in total. The quantitative estimate of drug-likeness (QED) is 0.375. The van der Waals surface area contributed by atoms with E-state index in [-0.39, 0.29) is 24.9 Å². The van der Waals surface area contributed by atoms with E-state index in [4.69, 9.17) is 11.6 Å². The van der Waals surface area contributed by atoms with Gasteiger partial charge in [0.1, 0.15) is 12.6 Å². The molecule has 38 heavy (non-hydrogen) atoms. The first kappa shape index (κ1) is 29.2. The molecule has 3 aromatic carbocycles. The summed E-state index contributed by atoms with van der Waals surface area (Å²) in [6, 6.07) is 22.3. The zero-order chi connectivity index (χ0) is 27.9. The molecule has 9 heteroatoms. The van der Waals surface area contributed by atoms with Crippen molar-refractivity contribution in [2.75, 3.05) is 17.1 Å². The summed E-state index contributed by atoms with van der Waals surface area (Å²) in [6.07, 6.45) is 1.32. The third-order valence-corrected chi connectivity index (χ3v) is 7.32. The highest BCUT2D eigenvalue weighted by atomic mass is 35.5. The van der Waals surface area contributed by atoms with Crippen molar-refractivity contribution in [3.05, 3.63) is 101 Å². The van der Waals surface area contributed by atoms with Gasteiger partial charge in [-0.3, -0.25) is 13.9 Å². The fourth-order valence-electron chi connectivity index (χ4n) is 4.09. The number of rotatable bonds is 11. The van der Waals surface area contributed by atoms with E-state index in [0.29, 0.717) is 10.7 Å². The first-order chi connectivity index (χ1) is 17.9. The molecule has 0 unspecified atom stereocenters. The van der Waals surface area contributed by atoms with Gasteiger partial charge in [0.2, 0.25) is 21.8 Å². The van der Waals surface area contributed by atoms with Crippen molar-refractivity contribution >= 4 is 39.1 Å². The van der Waals surface area contributed by atoms with Crippen LogP contribution in [0.2, 0.25) is 5.02 Å². The van der Waals surface area contributed by atoms with Crippen molar-refractivity contribution in [2.45, 2.75) is 45.8 Å². The summed E-state index contributed by atoms with van der Waals surface area (Å²) in [5.41, 5.74) is 2.94. The molecule has 0 radical (unpaired) electrons. The molecule has 0 saturated carbocycles. The summed E-state index contributed by atoms with van der Waals surface area (Å²) in [4.78, 5) is 28.9. The highest BCUT2D eigenvalue weighted by Gasteiger charge is 2.33. The number of sulfonamides is 1. The summed E-state index contributed by atoms with van der Waals surface area (Å²) in [6.45, 7) is 5.22. The number of halogens is 1. The van der Waals surface area contributed by atoms with Crippen molar-refractivity contribution in [1.29, 1.82) is 0 Å². The molecule has 0 spiro atoms. The number of carbonyl (C=O) groups is 2. The largest absolute Gasteiger partial charge is 0.352 e. The minimum atomic E-state index is -3.80. The molecule has 0 heterocycles. The summed E-state index contributed by atoms with van der Waals surface area (Å²) < 4.78 is 26.6. The Morgan fingerprint density at radius 1 is 0.921 bits per heavy atom. The minimum absolute atomic E-state index is 0.0773. The molecule has 0 aromatic heterocycles. The van der Waals surface area contributed by atoms with E-state index in [0.717, 1.165) is 27.3 Å². The predicted octanol–water partition coefficient (Wildman–Crippen LogP) is 4.58. The van der Waals surface area contributed by atoms with Crippen LogP contribution in [0.5, 0.6) is 0 Å². The second-order valence-electron chi connectivity index (χ2n) is 9.63. The highest BCUT2D eigenvalue weighted by molar-refractivity contribution is 7.92. The van der Waals surface area contributed by atoms with Gasteiger partial charge in [-0.15, -0.1) is 0 Å². The molecule has 2 amide bonds. The van der Waals surface area contributed by atoms with Crippen molar-refractivity contribution in [3.8, 4) is 0 Å². The van der Waals surface area contributed by atoms with Crippen molar-refractivity contribution in [2.24, 2.45) is 0 Å². The average molecular weight is 556 g/mol. The predicted molar refractivity (Wildman–Crippen MR) is 153 cm³/mol. The van der Waals surface area contributed by atoms with Crippen LogP contribution in [0.1, 0.15) is 30.5 Å². The van der Waals surface area contributed by atoms with Gasteiger partial charge in [0.05, 0.1) is 11.9 Å². The molecule has 0 aliphatic rings. The maximum atomic E-state index is 14.0. The highest BCUT2D eigenvalue weighted by Crippen LogP contribution is 2.21. The van der Waals surface area contributed by atoms with E-state index in [1.54, 1.807) is 42.5 Å². The lowest BCUT2D eigenvalue weighted by molar-refractivity contribution is -0.140. The van der Waals surface area contributed by atoms with Gasteiger partial charge >= 0.3 is 0 Å². The van der Waals surface area contributed by atoms with Crippen molar-refractivity contribution in [3.63, 3.8) is 0 Å². The summed E-state index contributed by atoms with van der Waals surface area (Å²) in [7, 11) is -3.80. The van der Waals surface area contributed by atoms with Crippen LogP contribution in [0.15, 0.2) is 78.9 Å². The van der Waals surface area contributed by atoms with Crippen LogP contribution >= 0.6 is 11.6 Å². The van der Waals surface area contributed by atoms with Crippen LogP contribution in [0, 0.1) is 6.92 Å². The van der Waals surface area contributed by atoms with Crippen LogP contribution < -0.4 is 9.62 Å². The number of carbonyl (C=O) groups excluding carboxylic acids is 2. The lowest BCUT2D eigenvalue weighted by Gasteiger charge is -2.34. The smallest absolute Gasteiger partial charge is 0.244 e. The third-order valence-electron chi connectivity index (χ3n) is 5.95. The maximum Gasteiger partial charge on any atom is 0.244 e. The Morgan fingerprint density at radius 3 is 2.13 bits per heavy atom. The number of hydrogen-bond donors (Lipinski definition) is 1. The molecule has 202 valence electrons. The second-order valence-corrected chi connectivity index (χ2v) is 12.0. The summed E-state index contributed by atoms with van der Waals surface area (Å²) in [5, 5.41) is 3.43. The van der Waals surface area contributed by atoms with E-state index in [1.165, 1.54) is 4.90 Å². The number of nitrogens with zero attached hydrogens (tertiary/aromatic N) is 2. The van der Waals surface area contributed by atoms with Gasteiger partial charge in [0.25, 0.3) is 0 Å². The minimum Gasteiger partial charge on any atom is -0.352 e. The Labute approximate surface area is 230 Å². The average Bonchev–Trinajstić information content (AvgIpc) is 2.85. The Hall–Kier alpha value is -3.36. The van der Waals surface area contributed by atoms with Crippen LogP contribution in [0.3, 0.4) is 0 Å². The Kier molecular flexibility index (Phi) is 9.94. The number of nitrogens with one attached hydrogen (secondary N) is 1. The topological polar surface area (TPSA) is 86.8 Å². The number of benzene rings is 3. The molecule has 0 aliphatic heterocycles. The Balaban J connectivity index is 2.05. The van der Waals surface area contributed by atoms with E-state index in [9.17, 15) is 18.0 Å². The van der Waals surface area contributed by atoms with Gasteiger partial charge in [0.15, 0.2) is 0 Å². The van der Waals surface area contributed by atoms with Crippen LogP contribution in [0.25, 0.3) is 0 Å². The lowest BCUT2D eigenvalue weighted by Crippen LogP contribution is -2.54. The van der Waals surface area contributed by atoms with Gasteiger partial charge in [-0.2, -0.15) is 0 Å². The Morgan fingerprint density at radius 2 is 1.55 bits per heavy atom. The van der Waals surface area contributed by atoms with Crippen LogP contribution in [0.4, 0.5) is 5.69 Å². The van der Waals surface area contributed by atoms with E-state index in [2.05, 4.69) is 5.32 Å². The fourth-order valence-corrected chi connectivity index (χ4v) is 5.15. The molecule has 0 saturated heterocycles. The number of anilines is 1. The Bertz CT molecular complexity index is 1350. The molecule has 0 bridgehead atoms. The molecule has 0 fully saturated rings. The molecule has 1 atom stereocenters. The van der Waals surface area contributed by atoms with Gasteiger partial charge < -0.3 is 10.2 Å². The van der Waals surface area contributed by atoms with Crippen molar-refractivity contribution in [1.82, 2.24) is 10.2 Å². The van der Waals surface area contributed by atoms with Gasteiger partial charge in [-0.1, -0.05) is 71.8 Å². The third kappa shape index (κ3) is 8.33. The van der Waals surface area contributed by atoms with Gasteiger partial charge in [0, 0.05) is 24.0 Å². The van der Waals surface area contributed by atoms with E-state index < -0.39 is 28.5 Å². The first-order valence-electron chi connectivity index (χ1n) is 12.4. The normalized spacial score (nSPS) is 12.2.